The van der Waals surface area contributed by atoms with Crippen LogP contribution in [0.15, 0.2) is 45.7 Å². The highest BCUT2D eigenvalue weighted by molar-refractivity contribution is 6.03. The maximum Gasteiger partial charge on any atom is 0.347 e. The molecule has 1 saturated carbocycles. The highest BCUT2D eigenvalue weighted by Crippen LogP contribution is 2.33. The van der Waals surface area contributed by atoms with Gasteiger partial charge in [0.1, 0.15) is 16.5 Å². The van der Waals surface area contributed by atoms with Crippen molar-refractivity contribution in [1.82, 2.24) is 9.47 Å². The van der Waals surface area contributed by atoms with E-state index < -0.39 is 5.63 Å². The van der Waals surface area contributed by atoms with Crippen molar-refractivity contribution in [3.8, 4) is 0 Å². The number of para-hydroxylation sites is 1. The molecular formula is C21H25N3O2. The molecule has 1 aliphatic rings. The van der Waals surface area contributed by atoms with Crippen molar-refractivity contribution in [2.24, 2.45) is 0 Å². The zero-order valence-corrected chi connectivity index (χ0v) is 15.4. The summed E-state index contributed by atoms with van der Waals surface area (Å²) < 4.78 is 7.39. The zero-order chi connectivity index (χ0) is 18.3. The van der Waals surface area contributed by atoms with Crippen molar-refractivity contribution in [2.75, 3.05) is 14.1 Å². The van der Waals surface area contributed by atoms with Crippen LogP contribution in [0, 0.1) is 5.41 Å². The SMILES string of the molecule is CN(C)C1(Cn2ccc3c(c(=O)oc4ccccc43)c2=N)CCCCC1. The molecule has 1 aliphatic carbocycles. The molecule has 0 unspecified atom stereocenters. The van der Waals surface area contributed by atoms with Crippen LogP contribution < -0.4 is 11.1 Å². The summed E-state index contributed by atoms with van der Waals surface area (Å²) in [6.07, 6.45) is 7.91. The van der Waals surface area contributed by atoms with Crippen molar-refractivity contribution < 1.29 is 4.42 Å². The average Bonchev–Trinajstić information content (AvgIpc) is 2.64. The maximum atomic E-state index is 12.6. The summed E-state index contributed by atoms with van der Waals surface area (Å²) in [7, 11) is 4.25. The molecule has 0 saturated heterocycles. The largest absolute Gasteiger partial charge is 0.422 e. The fourth-order valence-electron chi connectivity index (χ4n) is 4.36. The van der Waals surface area contributed by atoms with E-state index in [2.05, 4.69) is 19.0 Å². The smallest absolute Gasteiger partial charge is 0.347 e. The van der Waals surface area contributed by atoms with Crippen LogP contribution >= 0.6 is 0 Å². The lowest BCUT2D eigenvalue weighted by Gasteiger charge is -2.43. The van der Waals surface area contributed by atoms with Gasteiger partial charge in [0.15, 0.2) is 0 Å². The van der Waals surface area contributed by atoms with Gasteiger partial charge in [-0.25, -0.2) is 4.79 Å². The molecule has 2 heterocycles. The zero-order valence-electron chi connectivity index (χ0n) is 15.4. The quantitative estimate of drug-likeness (QED) is 0.580. The van der Waals surface area contributed by atoms with Crippen molar-refractivity contribution in [3.63, 3.8) is 0 Å². The van der Waals surface area contributed by atoms with E-state index >= 15 is 0 Å². The van der Waals surface area contributed by atoms with Gasteiger partial charge in [-0.15, -0.1) is 0 Å². The first kappa shape index (κ1) is 17.0. The van der Waals surface area contributed by atoms with Crippen LogP contribution in [0.3, 0.4) is 0 Å². The fourth-order valence-corrected chi connectivity index (χ4v) is 4.36. The van der Waals surface area contributed by atoms with Gasteiger partial charge in [-0.1, -0.05) is 37.5 Å². The molecule has 3 aromatic rings. The summed E-state index contributed by atoms with van der Waals surface area (Å²) in [5.41, 5.74) is 0.428. The van der Waals surface area contributed by atoms with E-state index in [0.717, 1.165) is 30.2 Å². The van der Waals surface area contributed by atoms with Gasteiger partial charge in [0.2, 0.25) is 0 Å². The topological polar surface area (TPSA) is 62.2 Å². The molecule has 0 spiro atoms. The summed E-state index contributed by atoms with van der Waals surface area (Å²) in [6, 6.07) is 9.47. The second-order valence-corrected chi connectivity index (χ2v) is 7.65. The molecule has 136 valence electrons. The predicted octanol–water partition coefficient (Wildman–Crippen LogP) is 3.49. The van der Waals surface area contributed by atoms with E-state index in [1.165, 1.54) is 19.3 Å². The first-order valence-corrected chi connectivity index (χ1v) is 9.29. The van der Waals surface area contributed by atoms with Gasteiger partial charge in [0, 0.05) is 29.1 Å². The average molecular weight is 351 g/mol. The molecule has 1 N–H and O–H groups in total. The molecule has 0 amide bonds. The van der Waals surface area contributed by atoms with Crippen LogP contribution in [-0.2, 0) is 6.54 Å². The minimum Gasteiger partial charge on any atom is -0.422 e. The standard InChI is InChI=1S/C21H25N3O2/c1-23(2)21(11-6-3-7-12-21)14-24-13-10-16-15-8-4-5-9-17(15)26-20(25)18(16)19(24)22/h4-5,8-10,13,22H,3,6-7,11-12,14H2,1-2H3. The number of fused-ring (bicyclic) bond motifs is 3. The number of rotatable bonds is 3. The predicted molar refractivity (Wildman–Crippen MR) is 103 cm³/mol. The summed E-state index contributed by atoms with van der Waals surface area (Å²) >= 11 is 0. The van der Waals surface area contributed by atoms with Crippen LogP contribution in [0.25, 0.3) is 21.7 Å². The molecule has 0 bridgehead atoms. The molecule has 4 rings (SSSR count). The Kier molecular flexibility index (Phi) is 4.19. The Balaban J connectivity index is 1.88. The van der Waals surface area contributed by atoms with Crippen molar-refractivity contribution in [2.45, 2.75) is 44.2 Å². The van der Waals surface area contributed by atoms with Crippen molar-refractivity contribution in [3.05, 3.63) is 52.4 Å². The van der Waals surface area contributed by atoms with Crippen LogP contribution in [0.1, 0.15) is 32.1 Å². The highest BCUT2D eigenvalue weighted by Gasteiger charge is 2.34. The third kappa shape index (κ3) is 2.67. The van der Waals surface area contributed by atoms with E-state index in [1.54, 1.807) is 6.07 Å². The Morgan fingerprint density at radius 1 is 1.12 bits per heavy atom. The van der Waals surface area contributed by atoms with Crippen molar-refractivity contribution in [1.29, 1.82) is 5.41 Å². The van der Waals surface area contributed by atoms with Crippen LogP contribution in [0.5, 0.6) is 0 Å². The van der Waals surface area contributed by atoms with E-state index in [0.29, 0.717) is 11.0 Å². The summed E-state index contributed by atoms with van der Waals surface area (Å²) in [5, 5.41) is 10.7. The molecule has 0 atom stereocenters. The van der Waals surface area contributed by atoms with Gasteiger partial charge in [-0.2, -0.15) is 0 Å². The summed E-state index contributed by atoms with van der Waals surface area (Å²) in [5.74, 6) is 0. The molecule has 0 aliphatic heterocycles. The Bertz CT molecular complexity index is 1070. The van der Waals surface area contributed by atoms with Gasteiger partial charge >= 0.3 is 5.63 Å². The monoisotopic (exact) mass is 351 g/mol. The number of benzene rings is 1. The highest BCUT2D eigenvalue weighted by atomic mass is 16.4. The Morgan fingerprint density at radius 3 is 2.58 bits per heavy atom. The van der Waals surface area contributed by atoms with E-state index in [4.69, 9.17) is 9.83 Å². The minimum atomic E-state index is -0.430. The number of hydrogen-bond donors (Lipinski definition) is 1. The molecular weight excluding hydrogens is 326 g/mol. The van der Waals surface area contributed by atoms with E-state index in [1.807, 2.05) is 35.0 Å². The first-order valence-electron chi connectivity index (χ1n) is 9.29. The van der Waals surface area contributed by atoms with Gasteiger partial charge in [0.05, 0.1) is 0 Å². The third-order valence-electron chi connectivity index (χ3n) is 6.00. The van der Waals surface area contributed by atoms with Gasteiger partial charge in [0.25, 0.3) is 0 Å². The number of likely N-dealkylation sites (N-methyl/N-ethyl adjacent to an activating group) is 1. The lowest BCUT2D eigenvalue weighted by Crippen LogP contribution is -2.50. The van der Waals surface area contributed by atoms with E-state index in [9.17, 15) is 4.79 Å². The van der Waals surface area contributed by atoms with E-state index in [-0.39, 0.29) is 11.0 Å². The normalized spacial score (nSPS) is 17.2. The second kappa shape index (κ2) is 6.40. The van der Waals surface area contributed by atoms with Gasteiger partial charge in [-0.05, 0) is 39.1 Å². The molecule has 0 radical (unpaired) electrons. The van der Waals surface area contributed by atoms with Gasteiger partial charge in [-0.3, -0.25) is 5.41 Å². The minimum absolute atomic E-state index is 0.0451. The lowest BCUT2D eigenvalue weighted by molar-refractivity contribution is 0.0794. The fraction of sp³-hybridized carbons (Fsp3) is 0.429. The first-order chi connectivity index (χ1) is 12.5. The lowest BCUT2D eigenvalue weighted by atomic mass is 9.80. The molecule has 1 fully saturated rings. The van der Waals surface area contributed by atoms with Gasteiger partial charge < -0.3 is 13.9 Å². The molecule has 5 heteroatoms. The number of nitrogens with one attached hydrogen (secondary N) is 1. The Morgan fingerprint density at radius 2 is 1.85 bits per heavy atom. The maximum absolute atomic E-state index is 12.6. The Labute approximate surface area is 152 Å². The molecule has 26 heavy (non-hydrogen) atoms. The van der Waals surface area contributed by atoms with Crippen LogP contribution in [0.4, 0.5) is 0 Å². The van der Waals surface area contributed by atoms with Crippen LogP contribution in [0.2, 0.25) is 0 Å². The number of nitrogens with zero attached hydrogens (tertiary/aromatic N) is 2. The molecule has 2 aromatic heterocycles. The number of aromatic nitrogens is 1. The molecule has 1 aromatic carbocycles. The second-order valence-electron chi connectivity index (χ2n) is 7.65. The summed E-state index contributed by atoms with van der Waals surface area (Å²) in [6.45, 7) is 0.723. The number of pyridine rings is 1. The summed E-state index contributed by atoms with van der Waals surface area (Å²) in [4.78, 5) is 14.9. The number of hydrogen-bond acceptors (Lipinski definition) is 4. The molecule has 5 nitrogen and oxygen atoms in total. The Hall–Kier alpha value is -2.40. The third-order valence-corrected chi connectivity index (χ3v) is 6.00. The van der Waals surface area contributed by atoms with Crippen LogP contribution in [-0.4, -0.2) is 29.1 Å². The van der Waals surface area contributed by atoms with Crippen molar-refractivity contribution >= 4 is 21.7 Å².